The zero-order chi connectivity index (χ0) is 10.8. The van der Waals surface area contributed by atoms with Gasteiger partial charge in [0.2, 0.25) is 11.8 Å². The van der Waals surface area contributed by atoms with E-state index in [0.29, 0.717) is 11.8 Å². The third kappa shape index (κ3) is 2.49. The maximum Gasteiger partial charge on any atom is 0.247 e. The molecule has 3 nitrogen and oxygen atoms in total. The Balaban J connectivity index is 2.37. The third-order valence-corrected chi connectivity index (χ3v) is 2.71. The average Bonchev–Trinajstić information content (AvgIpc) is 2.66. The second kappa shape index (κ2) is 4.49. The van der Waals surface area contributed by atoms with Crippen molar-refractivity contribution in [3.8, 4) is 11.5 Å². The standard InChI is InChI=1S/C10H8ClIN2O/c1-6(11)9-13-14-10(15-9)7-3-2-4-8(12)5-7/h2-6H,1H3. The summed E-state index contributed by atoms with van der Waals surface area (Å²) in [4.78, 5) is 0. The summed E-state index contributed by atoms with van der Waals surface area (Å²) in [6.45, 7) is 1.80. The maximum absolute atomic E-state index is 5.84. The first-order valence-corrected chi connectivity index (χ1v) is 5.92. The van der Waals surface area contributed by atoms with E-state index in [-0.39, 0.29) is 5.38 Å². The van der Waals surface area contributed by atoms with Gasteiger partial charge >= 0.3 is 0 Å². The summed E-state index contributed by atoms with van der Waals surface area (Å²) < 4.78 is 6.56. The molecule has 1 heterocycles. The van der Waals surface area contributed by atoms with Crippen LogP contribution in [0.5, 0.6) is 0 Å². The van der Waals surface area contributed by atoms with Crippen molar-refractivity contribution in [1.29, 1.82) is 0 Å². The molecule has 78 valence electrons. The molecule has 0 saturated carbocycles. The number of aromatic nitrogens is 2. The van der Waals surface area contributed by atoms with Crippen LogP contribution in [-0.2, 0) is 0 Å². The van der Waals surface area contributed by atoms with Crippen LogP contribution < -0.4 is 0 Å². The molecule has 0 bridgehead atoms. The van der Waals surface area contributed by atoms with Crippen LogP contribution in [0.4, 0.5) is 0 Å². The molecule has 0 aliphatic heterocycles. The molecule has 1 unspecified atom stereocenters. The predicted molar refractivity (Wildman–Crippen MR) is 66.7 cm³/mol. The SMILES string of the molecule is CC(Cl)c1nnc(-c2cccc(I)c2)o1. The number of rotatable bonds is 2. The van der Waals surface area contributed by atoms with Crippen LogP contribution in [0.25, 0.3) is 11.5 Å². The van der Waals surface area contributed by atoms with E-state index >= 15 is 0 Å². The number of halogens is 2. The summed E-state index contributed by atoms with van der Waals surface area (Å²) in [5, 5.41) is 7.56. The van der Waals surface area contributed by atoms with Crippen LogP contribution in [0.15, 0.2) is 28.7 Å². The number of benzene rings is 1. The van der Waals surface area contributed by atoms with Gasteiger partial charge in [0, 0.05) is 9.13 Å². The van der Waals surface area contributed by atoms with Gasteiger partial charge in [0.05, 0.1) is 0 Å². The Morgan fingerprint density at radius 3 is 2.80 bits per heavy atom. The van der Waals surface area contributed by atoms with Crippen molar-refractivity contribution in [3.63, 3.8) is 0 Å². The minimum Gasteiger partial charge on any atom is -0.419 e. The molecule has 5 heteroatoms. The van der Waals surface area contributed by atoms with Crippen molar-refractivity contribution in [2.75, 3.05) is 0 Å². The first kappa shape index (κ1) is 10.9. The van der Waals surface area contributed by atoms with Gasteiger partial charge in [-0.15, -0.1) is 21.8 Å². The summed E-state index contributed by atoms with van der Waals surface area (Å²) >= 11 is 8.07. The van der Waals surface area contributed by atoms with Gasteiger partial charge in [-0.25, -0.2) is 0 Å². The molecule has 0 amide bonds. The summed E-state index contributed by atoms with van der Waals surface area (Å²) in [7, 11) is 0. The van der Waals surface area contributed by atoms with Crippen LogP contribution >= 0.6 is 34.2 Å². The quantitative estimate of drug-likeness (QED) is 0.622. The van der Waals surface area contributed by atoms with Gasteiger partial charge in [-0.3, -0.25) is 0 Å². The Morgan fingerprint density at radius 2 is 2.20 bits per heavy atom. The Morgan fingerprint density at radius 1 is 1.40 bits per heavy atom. The molecule has 0 aliphatic rings. The normalized spacial score (nSPS) is 12.7. The Labute approximate surface area is 106 Å². The first-order chi connectivity index (χ1) is 7.16. The van der Waals surface area contributed by atoms with Crippen molar-refractivity contribution >= 4 is 34.2 Å². The van der Waals surface area contributed by atoms with E-state index in [4.69, 9.17) is 16.0 Å². The molecule has 2 aromatic rings. The second-order valence-corrected chi connectivity index (χ2v) is 4.97. The largest absolute Gasteiger partial charge is 0.419 e. The minimum atomic E-state index is -0.256. The molecule has 0 aliphatic carbocycles. The number of hydrogen-bond acceptors (Lipinski definition) is 3. The predicted octanol–water partition coefficient (Wildman–Crippen LogP) is 3.64. The summed E-state index contributed by atoms with van der Waals surface area (Å²) in [6.07, 6.45) is 0. The lowest BCUT2D eigenvalue weighted by Gasteiger charge is -1.95. The maximum atomic E-state index is 5.84. The Kier molecular flexibility index (Phi) is 3.25. The highest BCUT2D eigenvalue weighted by molar-refractivity contribution is 14.1. The number of nitrogens with zero attached hydrogens (tertiary/aromatic N) is 2. The van der Waals surface area contributed by atoms with Gasteiger partial charge < -0.3 is 4.42 Å². The number of hydrogen-bond donors (Lipinski definition) is 0. The van der Waals surface area contributed by atoms with Crippen LogP contribution in [0.1, 0.15) is 18.2 Å². The van der Waals surface area contributed by atoms with Crippen molar-refractivity contribution in [1.82, 2.24) is 10.2 Å². The fourth-order valence-corrected chi connectivity index (χ4v) is 1.76. The average molecular weight is 335 g/mol. The molecule has 15 heavy (non-hydrogen) atoms. The molecule has 0 saturated heterocycles. The fraction of sp³-hybridized carbons (Fsp3) is 0.200. The van der Waals surface area contributed by atoms with Crippen molar-refractivity contribution in [2.45, 2.75) is 12.3 Å². The topological polar surface area (TPSA) is 38.9 Å². The smallest absolute Gasteiger partial charge is 0.247 e. The Bertz CT molecular complexity index is 470. The minimum absolute atomic E-state index is 0.256. The van der Waals surface area contributed by atoms with Gasteiger partial charge in [0.15, 0.2) is 0 Å². The molecule has 1 aromatic heterocycles. The monoisotopic (exact) mass is 334 g/mol. The molecule has 1 aromatic carbocycles. The second-order valence-electron chi connectivity index (χ2n) is 3.07. The zero-order valence-corrected chi connectivity index (χ0v) is 10.9. The van der Waals surface area contributed by atoms with E-state index in [1.54, 1.807) is 6.92 Å². The molecule has 0 radical (unpaired) electrons. The van der Waals surface area contributed by atoms with Crippen LogP contribution in [0, 0.1) is 3.57 Å². The van der Waals surface area contributed by atoms with E-state index in [2.05, 4.69) is 32.8 Å². The summed E-state index contributed by atoms with van der Waals surface area (Å²) in [5.41, 5.74) is 0.915. The van der Waals surface area contributed by atoms with Crippen LogP contribution in [-0.4, -0.2) is 10.2 Å². The summed E-state index contributed by atoms with van der Waals surface area (Å²) in [6, 6.07) is 7.87. The zero-order valence-electron chi connectivity index (χ0n) is 7.95. The van der Waals surface area contributed by atoms with Crippen LogP contribution in [0.2, 0.25) is 0 Å². The molecule has 0 fully saturated rings. The van der Waals surface area contributed by atoms with Crippen LogP contribution in [0.3, 0.4) is 0 Å². The molecule has 0 N–H and O–H groups in total. The summed E-state index contributed by atoms with van der Waals surface area (Å²) in [5.74, 6) is 0.960. The van der Waals surface area contributed by atoms with Gasteiger partial charge in [-0.1, -0.05) is 6.07 Å². The van der Waals surface area contributed by atoms with E-state index in [1.165, 1.54) is 0 Å². The molecule has 0 spiro atoms. The van der Waals surface area contributed by atoms with Gasteiger partial charge in [-0.05, 0) is 47.7 Å². The van der Waals surface area contributed by atoms with Crippen molar-refractivity contribution in [2.24, 2.45) is 0 Å². The van der Waals surface area contributed by atoms with E-state index in [9.17, 15) is 0 Å². The van der Waals surface area contributed by atoms with Gasteiger partial charge in [0.25, 0.3) is 0 Å². The first-order valence-electron chi connectivity index (χ1n) is 4.40. The van der Waals surface area contributed by atoms with E-state index in [1.807, 2.05) is 24.3 Å². The van der Waals surface area contributed by atoms with E-state index < -0.39 is 0 Å². The van der Waals surface area contributed by atoms with Crippen molar-refractivity contribution in [3.05, 3.63) is 33.7 Å². The highest BCUT2D eigenvalue weighted by atomic mass is 127. The lowest BCUT2D eigenvalue weighted by molar-refractivity contribution is 0.507. The highest BCUT2D eigenvalue weighted by Gasteiger charge is 2.12. The fourth-order valence-electron chi connectivity index (χ4n) is 1.13. The lowest BCUT2D eigenvalue weighted by Crippen LogP contribution is -1.81. The van der Waals surface area contributed by atoms with Gasteiger partial charge in [0.1, 0.15) is 5.38 Å². The molecule has 2 rings (SSSR count). The molecular weight excluding hydrogens is 326 g/mol. The Hall–Kier alpha value is -0.620. The van der Waals surface area contributed by atoms with Crippen molar-refractivity contribution < 1.29 is 4.42 Å². The number of alkyl halides is 1. The third-order valence-electron chi connectivity index (χ3n) is 1.85. The molecular formula is C10H8ClIN2O. The van der Waals surface area contributed by atoms with E-state index in [0.717, 1.165) is 9.13 Å². The highest BCUT2D eigenvalue weighted by Crippen LogP contribution is 2.24. The molecule has 1 atom stereocenters. The lowest BCUT2D eigenvalue weighted by atomic mass is 10.2. The van der Waals surface area contributed by atoms with Gasteiger partial charge in [-0.2, -0.15) is 0 Å².